The number of nitriles is 2. The van der Waals surface area contributed by atoms with Gasteiger partial charge in [0, 0.05) is 64.8 Å². The lowest BCUT2D eigenvalue weighted by atomic mass is 10.2. The SMILES string of the molecule is Cc1c(O[C@@H](C)CO[C@@H](C)CC(=O)N2CCN(c3ccc(C#N)cn3)CC2)cn[nH]c1=O.Cc1c(O[C@@H](C)CO[C@H](C)CC(=O)N2CCN(c3ccc(C#N)cn3)CC2)cn[nH]c1=O. The first-order chi connectivity index (χ1) is 30.7. The zero-order valence-electron chi connectivity index (χ0n) is 37.2. The highest BCUT2D eigenvalue weighted by Gasteiger charge is 2.25. The first-order valence-electron chi connectivity index (χ1n) is 21.2. The van der Waals surface area contributed by atoms with Gasteiger partial charge in [-0.3, -0.25) is 19.2 Å². The van der Waals surface area contributed by atoms with Crippen molar-refractivity contribution in [3.05, 3.63) is 92.0 Å². The van der Waals surface area contributed by atoms with E-state index < -0.39 is 0 Å². The molecule has 340 valence electrons. The molecule has 6 heterocycles. The molecule has 0 aliphatic carbocycles. The first kappa shape index (κ1) is 48.1. The van der Waals surface area contributed by atoms with Crippen LogP contribution >= 0.6 is 0 Å². The van der Waals surface area contributed by atoms with Crippen LogP contribution in [0.3, 0.4) is 0 Å². The van der Waals surface area contributed by atoms with Gasteiger partial charge in [0.05, 0.1) is 72.9 Å². The third-order valence-electron chi connectivity index (χ3n) is 10.6. The quantitative estimate of drug-likeness (QED) is 0.164. The van der Waals surface area contributed by atoms with Gasteiger partial charge in [-0.1, -0.05) is 0 Å². The number of hydrogen-bond donors (Lipinski definition) is 2. The standard InChI is InChI=1S/2C22H28N6O4/c2*1-15(31-14-16(2)32-19-13-25-26-22(30)17(19)3)10-21(29)28-8-6-27(7-9-28)20-5-4-18(11-23)12-24-20/h2*4-5,12-13,15-16H,6-10,14H2,1-3H3,(H,26,30)/t15-,16+;15-,16-/m10/s1. The summed E-state index contributed by atoms with van der Waals surface area (Å²) < 4.78 is 23.1. The second-order valence-electron chi connectivity index (χ2n) is 15.7. The van der Waals surface area contributed by atoms with Crippen LogP contribution < -0.4 is 30.4 Å². The van der Waals surface area contributed by atoms with Crippen molar-refractivity contribution in [3.8, 4) is 23.6 Å². The molecule has 2 amide bonds. The van der Waals surface area contributed by atoms with Crippen molar-refractivity contribution in [3.63, 3.8) is 0 Å². The molecule has 4 aromatic heterocycles. The summed E-state index contributed by atoms with van der Waals surface area (Å²) in [6.07, 6.45) is 5.52. The van der Waals surface area contributed by atoms with Crippen molar-refractivity contribution in [1.29, 1.82) is 10.5 Å². The van der Waals surface area contributed by atoms with Crippen molar-refractivity contribution < 1.29 is 28.5 Å². The van der Waals surface area contributed by atoms with Gasteiger partial charge >= 0.3 is 0 Å². The average Bonchev–Trinajstić information content (AvgIpc) is 3.31. The molecule has 6 rings (SSSR count). The molecule has 0 radical (unpaired) electrons. The number of H-pyrrole nitrogens is 2. The topological polar surface area (TPSA) is 249 Å². The molecular formula is C44H56N12O8. The summed E-state index contributed by atoms with van der Waals surface area (Å²) in [6.45, 7) is 16.5. The number of amides is 2. The zero-order valence-corrected chi connectivity index (χ0v) is 37.2. The maximum absolute atomic E-state index is 12.7. The molecule has 4 atom stereocenters. The Morgan fingerprint density at radius 3 is 1.31 bits per heavy atom. The largest absolute Gasteiger partial charge is 0.486 e. The van der Waals surface area contributed by atoms with Crippen molar-refractivity contribution >= 4 is 23.5 Å². The molecule has 64 heavy (non-hydrogen) atoms. The van der Waals surface area contributed by atoms with Crippen LogP contribution in [0, 0.1) is 36.5 Å². The number of hydrogen-bond acceptors (Lipinski definition) is 16. The van der Waals surface area contributed by atoms with Gasteiger partial charge in [0.25, 0.3) is 11.1 Å². The number of carbonyl (C=O) groups excluding carboxylic acids is 2. The number of rotatable bonds is 16. The van der Waals surface area contributed by atoms with Gasteiger partial charge < -0.3 is 38.5 Å². The van der Waals surface area contributed by atoms with E-state index in [4.69, 9.17) is 29.5 Å². The summed E-state index contributed by atoms with van der Waals surface area (Å²) in [5.41, 5.74) is 1.41. The molecule has 0 saturated carbocycles. The Kier molecular flexibility index (Phi) is 17.7. The molecule has 0 unspecified atom stereocenters. The zero-order chi connectivity index (χ0) is 46.2. The predicted molar refractivity (Wildman–Crippen MR) is 235 cm³/mol. The molecule has 2 fully saturated rings. The maximum atomic E-state index is 12.7. The number of ether oxygens (including phenoxy) is 4. The minimum absolute atomic E-state index is 0.0492. The van der Waals surface area contributed by atoms with E-state index in [-0.39, 0.29) is 60.2 Å². The minimum atomic E-state index is -0.293. The van der Waals surface area contributed by atoms with Gasteiger partial charge in [0.1, 0.15) is 47.5 Å². The van der Waals surface area contributed by atoms with Crippen LogP contribution in [0.2, 0.25) is 0 Å². The lowest BCUT2D eigenvalue weighted by molar-refractivity contribution is -0.135. The number of nitrogens with zero attached hydrogens (tertiary/aromatic N) is 10. The lowest BCUT2D eigenvalue weighted by Gasteiger charge is -2.35. The molecule has 2 saturated heterocycles. The van der Waals surface area contributed by atoms with Crippen LogP contribution in [0.1, 0.15) is 62.8 Å². The number of nitrogens with one attached hydrogen (secondary N) is 2. The van der Waals surface area contributed by atoms with E-state index in [1.54, 1.807) is 38.4 Å². The Labute approximate surface area is 371 Å². The van der Waals surface area contributed by atoms with Crippen LogP contribution in [0.5, 0.6) is 11.5 Å². The fraction of sp³-hybridized carbons (Fsp3) is 0.500. The van der Waals surface area contributed by atoms with Crippen LogP contribution in [0.4, 0.5) is 11.6 Å². The Bertz CT molecular complexity index is 2180. The predicted octanol–water partition coefficient (Wildman–Crippen LogP) is 2.51. The molecule has 0 bridgehead atoms. The molecule has 2 aliphatic rings. The molecule has 0 aromatic carbocycles. The monoisotopic (exact) mass is 880 g/mol. The van der Waals surface area contributed by atoms with Crippen LogP contribution in [-0.4, -0.2) is 142 Å². The van der Waals surface area contributed by atoms with E-state index in [0.717, 1.165) is 11.6 Å². The van der Waals surface area contributed by atoms with Crippen LogP contribution in [-0.2, 0) is 19.1 Å². The van der Waals surface area contributed by atoms with Crippen LogP contribution in [0.15, 0.2) is 58.6 Å². The molecule has 2 aliphatic heterocycles. The Balaban J connectivity index is 0.000000241. The number of pyridine rings is 2. The summed E-state index contributed by atoms with van der Waals surface area (Å²) >= 11 is 0. The Morgan fingerprint density at radius 1 is 0.609 bits per heavy atom. The lowest BCUT2D eigenvalue weighted by Crippen LogP contribution is -2.49. The number of aromatic amines is 2. The smallest absolute Gasteiger partial charge is 0.270 e. The van der Waals surface area contributed by atoms with E-state index in [9.17, 15) is 19.2 Å². The first-order valence-corrected chi connectivity index (χ1v) is 21.2. The number of anilines is 2. The van der Waals surface area contributed by atoms with Gasteiger partial charge in [0.2, 0.25) is 11.8 Å². The summed E-state index contributed by atoms with van der Waals surface area (Å²) in [7, 11) is 0. The molecule has 20 heteroatoms. The van der Waals surface area contributed by atoms with Crippen molar-refractivity contribution in [2.45, 2.75) is 78.8 Å². The van der Waals surface area contributed by atoms with Gasteiger partial charge in [0.15, 0.2) is 0 Å². The van der Waals surface area contributed by atoms with Crippen LogP contribution in [0.25, 0.3) is 0 Å². The van der Waals surface area contributed by atoms with E-state index in [0.29, 0.717) is 99.3 Å². The molecule has 4 aromatic rings. The van der Waals surface area contributed by atoms with Gasteiger partial charge in [-0.05, 0) is 65.8 Å². The number of carbonyl (C=O) groups is 2. The highest BCUT2D eigenvalue weighted by atomic mass is 16.5. The summed E-state index contributed by atoms with van der Waals surface area (Å²) in [5.74, 6) is 2.56. The van der Waals surface area contributed by atoms with E-state index in [1.165, 1.54) is 12.4 Å². The highest BCUT2D eigenvalue weighted by Crippen LogP contribution is 2.18. The average molecular weight is 881 g/mol. The third-order valence-corrected chi connectivity index (χ3v) is 10.6. The Hall–Kier alpha value is -6.90. The second-order valence-corrected chi connectivity index (χ2v) is 15.7. The summed E-state index contributed by atoms with van der Waals surface area (Å²) in [4.78, 5) is 65.0. The minimum Gasteiger partial charge on any atom is -0.486 e. The maximum Gasteiger partial charge on any atom is 0.270 e. The summed E-state index contributed by atoms with van der Waals surface area (Å²) in [6, 6.07) is 11.3. The summed E-state index contributed by atoms with van der Waals surface area (Å²) in [5, 5.41) is 30.0. The van der Waals surface area contributed by atoms with Gasteiger partial charge in [-0.15, -0.1) is 0 Å². The molecule has 20 nitrogen and oxygen atoms in total. The van der Waals surface area contributed by atoms with E-state index >= 15 is 0 Å². The van der Waals surface area contributed by atoms with E-state index in [1.807, 2.05) is 49.6 Å². The van der Waals surface area contributed by atoms with E-state index in [2.05, 4.69) is 52.3 Å². The number of piperazine rings is 2. The fourth-order valence-corrected chi connectivity index (χ4v) is 6.74. The molecule has 2 N–H and O–H groups in total. The van der Waals surface area contributed by atoms with Gasteiger partial charge in [-0.2, -0.15) is 20.7 Å². The van der Waals surface area contributed by atoms with Crippen molar-refractivity contribution in [1.82, 2.24) is 40.2 Å². The van der Waals surface area contributed by atoms with Crippen molar-refractivity contribution in [2.24, 2.45) is 0 Å². The normalized spacial score (nSPS) is 15.7. The molecular weight excluding hydrogens is 825 g/mol. The van der Waals surface area contributed by atoms with Gasteiger partial charge in [-0.25, -0.2) is 20.2 Å². The molecule has 0 spiro atoms. The second kappa shape index (κ2) is 23.5. The Morgan fingerprint density at radius 2 is 0.984 bits per heavy atom. The fourth-order valence-electron chi connectivity index (χ4n) is 6.74. The highest BCUT2D eigenvalue weighted by molar-refractivity contribution is 5.77. The van der Waals surface area contributed by atoms with Crippen molar-refractivity contribution in [2.75, 3.05) is 75.4 Å². The third kappa shape index (κ3) is 14.1. The number of aromatic nitrogens is 6.